The van der Waals surface area contributed by atoms with E-state index in [2.05, 4.69) is 21.2 Å². The Morgan fingerprint density at radius 3 is 2.25 bits per heavy atom. The van der Waals surface area contributed by atoms with E-state index in [1.807, 2.05) is 0 Å². The van der Waals surface area contributed by atoms with Crippen LogP contribution in [0.15, 0.2) is 22.7 Å². The molecule has 8 heteroatoms. The van der Waals surface area contributed by atoms with Gasteiger partial charge >= 0.3 is 0 Å². The molecule has 1 aromatic rings. The van der Waals surface area contributed by atoms with Gasteiger partial charge in [0.25, 0.3) is 6.43 Å². The molecule has 1 aromatic carbocycles. The van der Waals surface area contributed by atoms with E-state index >= 15 is 0 Å². The predicted octanol–water partition coefficient (Wildman–Crippen LogP) is 3.64. The summed E-state index contributed by atoms with van der Waals surface area (Å²) in [5, 5.41) is 3.11. The Balaban J connectivity index is 0.00000180. The first-order valence-electron chi connectivity index (χ1n) is 5.77. The van der Waals surface area contributed by atoms with Gasteiger partial charge in [-0.2, -0.15) is 0 Å². The highest BCUT2D eigenvalue weighted by Crippen LogP contribution is 2.30. The number of benzene rings is 1. The molecule has 0 saturated carbocycles. The highest BCUT2D eigenvalue weighted by Gasteiger charge is 2.30. The van der Waals surface area contributed by atoms with Crippen LogP contribution < -0.4 is 5.32 Å². The molecule has 1 atom stereocenters. The first-order valence-corrected chi connectivity index (χ1v) is 6.57. The fourth-order valence-electron chi connectivity index (χ4n) is 2.17. The molecule has 0 aliphatic carbocycles. The molecule has 0 bridgehead atoms. The zero-order valence-corrected chi connectivity index (χ0v) is 13.7. The van der Waals surface area contributed by atoms with Crippen molar-refractivity contribution in [2.75, 3.05) is 26.2 Å². The van der Waals surface area contributed by atoms with Crippen molar-refractivity contribution in [1.82, 2.24) is 10.2 Å². The van der Waals surface area contributed by atoms with Crippen molar-refractivity contribution < 1.29 is 13.2 Å². The molecule has 1 heterocycles. The minimum atomic E-state index is -2.52. The van der Waals surface area contributed by atoms with Gasteiger partial charge in [0.2, 0.25) is 0 Å². The molecule has 1 saturated heterocycles. The Morgan fingerprint density at radius 2 is 1.75 bits per heavy atom. The van der Waals surface area contributed by atoms with Gasteiger partial charge in [0.05, 0.1) is 10.5 Å². The monoisotopic (exact) mass is 394 g/mol. The summed E-state index contributed by atoms with van der Waals surface area (Å²) in [4.78, 5) is 1.70. The Kier molecular flexibility index (Phi) is 9.09. The average Bonchev–Trinajstić information content (AvgIpc) is 2.35. The largest absolute Gasteiger partial charge is 0.314 e. The van der Waals surface area contributed by atoms with E-state index in [0.717, 1.165) is 0 Å². The van der Waals surface area contributed by atoms with Crippen molar-refractivity contribution in [2.45, 2.75) is 12.5 Å². The molecule has 116 valence electrons. The molecule has 0 amide bonds. The second-order valence-electron chi connectivity index (χ2n) is 4.24. The summed E-state index contributed by atoms with van der Waals surface area (Å²) in [5.41, 5.74) is 0.326. The van der Waals surface area contributed by atoms with Crippen LogP contribution in [0.5, 0.6) is 0 Å². The summed E-state index contributed by atoms with van der Waals surface area (Å²) in [6, 6.07) is 3.17. The Labute approximate surface area is 137 Å². The van der Waals surface area contributed by atoms with Crippen molar-refractivity contribution in [3.05, 3.63) is 34.1 Å². The highest BCUT2D eigenvalue weighted by molar-refractivity contribution is 9.10. The van der Waals surface area contributed by atoms with Gasteiger partial charge in [0, 0.05) is 26.2 Å². The van der Waals surface area contributed by atoms with Gasteiger partial charge in [-0.05, 0) is 33.6 Å². The lowest BCUT2D eigenvalue weighted by Crippen LogP contribution is -2.46. The van der Waals surface area contributed by atoms with Crippen LogP contribution in [0.3, 0.4) is 0 Å². The third kappa shape index (κ3) is 4.77. The normalized spacial score (nSPS) is 17.2. The fraction of sp³-hybridized carbons (Fsp3) is 0.500. The van der Waals surface area contributed by atoms with Crippen LogP contribution in [0, 0.1) is 5.82 Å². The summed E-state index contributed by atoms with van der Waals surface area (Å²) >= 11 is 3.03. The number of rotatable bonds is 3. The summed E-state index contributed by atoms with van der Waals surface area (Å²) in [6.07, 6.45) is -2.52. The molecular formula is C12H16BrCl2F3N2. The first kappa shape index (κ1) is 20.0. The van der Waals surface area contributed by atoms with E-state index in [-0.39, 0.29) is 24.8 Å². The fourth-order valence-corrected chi connectivity index (χ4v) is 2.42. The van der Waals surface area contributed by atoms with E-state index in [0.29, 0.717) is 36.2 Å². The van der Waals surface area contributed by atoms with E-state index in [4.69, 9.17) is 0 Å². The smallest absolute Gasteiger partial charge is 0.258 e. The van der Waals surface area contributed by atoms with Gasteiger partial charge in [-0.3, -0.25) is 4.90 Å². The van der Waals surface area contributed by atoms with E-state index in [1.54, 1.807) is 11.0 Å². The molecule has 0 unspecified atom stereocenters. The number of nitrogens with zero attached hydrogens (tertiary/aromatic N) is 1. The lowest BCUT2D eigenvalue weighted by atomic mass is 10.0. The number of hydrogen-bond acceptors (Lipinski definition) is 2. The summed E-state index contributed by atoms with van der Waals surface area (Å²) in [6.45, 7) is 2.46. The van der Waals surface area contributed by atoms with E-state index in [9.17, 15) is 13.2 Å². The summed E-state index contributed by atoms with van der Waals surface area (Å²) in [7, 11) is 0. The number of hydrogen-bond donors (Lipinski definition) is 1. The van der Waals surface area contributed by atoms with Crippen LogP contribution in [0.2, 0.25) is 0 Å². The minimum Gasteiger partial charge on any atom is -0.314 e. The van der Waals surface area contributed by atoms with Crippen molar-refractivity contribution in [2.24, 2.45) is 0 Å². The van der Waals surface area contributed by atoms with Crippen molar-refractivity contribution in [3.8, 4) is 0 Å². The Morgan fingerprint density at radius 1 is 1.15 bits per heavy atom. The number of halogens is 6. The zero-order chi connectivity index (χ0) is 13.1. The maximum absolute atomic E-state index is 13.4. The molecule has 2 nitrogen and oxygen atoms in total. The molecule has 1 fully saturated rings. The molecular weight excluding hydrogens is 380 g/mol. The van der Waals surface area contributed by atoms with Crippen LogP contribution in [-0.4, -0.2) is 37.5 Å². The lowest BCUT2D eigenvalue weighted by Gasteiger charge is -2.34. The third-order valence-corrected chi connectivity index (χ3v) is 3.71. The predicted molar refractivity (Wildman–Crippen MR) is 81.8 cm³/mol. The van der Waals surface area contributed by atoms with Gasteiger partial charge in [0.15, 0.2) is 0 Å². The molecule has 2 rings (SSSR count). The molecule has 0 aromatic heterocycles. The lowest BCUT2D eigenvalue weighted by molar-refractivity contribution is 0.0180. The first-order chi connectivity index (χ1) is 8.59. The summed E-state index contributed by atoms with van der Waals surface area (Å²) < 4.78 is 40.1. The second kappa shape index (κ2) is 9.10. The third-order valence-electron chi connectivity index (χ3n) is 3.07. The quantitative estimate of drug-likeness (QED) is 0.840. The molecule has 1 N–H and O–H groups in total. The van der Waals surface area contributed by atoms with Crippen molar-refractivity contribution in [3.63, 3.8) is 0 Å². The number of piperazine rings is 1. The van der Waals surface area contributed by atoms with Crippen LogP contribution in [0.4, 0.5) is 13.2 Å². The zero-order valence-electron chi connectivity index (χ0n) is 10.5. The Bertz CT molecular complexity index is 418. The van der Waals surface area contributed by atoms with Crippen LogP contribution in [0.25, 0.3) is 0 Å². The van der Waals surface area contributed by atoms with Crippen molar-refractivity contribution >= 4 is 40.7 Å². The average molecular weight is 396 g/mol. The van der Waals surface area contributed by atoms with Gasteiger partial charge in [0.1, 0.15) is 5.82 Å². The Hall–Kier alpha value is -0.0100. The maximum atomic E-state index is 13.4. The molecule has 20 heavy (non-hydrogen) atoms. The highest BCUT2D eigenvalue weighted by atomic mass is 79.9. The van der Waals surface area contributed by atoms with E-state index in [1.165, 1.54) is 12.1 Å². The SMILES string of the molecule is Cl.Cl.Fc1cc([C@H](C(F)F)N2CCNCC2)ccc1Br. The van der Waals surface area contributed by atoms with Crippen LogP contribution in [-0.2, 0) is 0 Å². The topological polar surface area (TPSA) is 15.3 Å². The van der Waals surface area contributed by atoms with Gasteiger partial charge in [-0.25, -0.2) is 13.2 Å². The van der Waals surface area contributed by atoms with Gasteiger partial charge < -0.3 is 5.32 Å². The summed E-state index contributed by atoms with van der Waals surface area (Å²) in [5.74, 6) is -0.506. The minimum absolute atomic E-state index is 0. The maximum Gasteiger partial charge on any atom is 0.258 e. The van der Waals surface area contributed by atoms with Crippen molar-refractivity contribution in [1.29, 1.82) is 0 Å². The molecule has 1 aliphatic rings. The van der Waals surface area contributed by atoms with E-state index < -0.39 is 18.3 Å². The van der Waals surface area contributed by atoms with Crippen LogP contribution in [0.1, 0.15) is 11.6 Å². The van der Waals surface area contributed by atoms with Gasteiger partial charge in [-0.1, -0.05) is 6.07 Å². The van der Waals surface area contributed by atoms with Crippen LogP contribution >= 0.6 is 40.7 Å². The second-order valence-corrected chi connectivity index (χ2v) is 5.09. The molecule has 1 aliphatic heterocycles. The standard InChI is InChI=1S/C12H14BrF3N2.2ClH/c13-9-2-1-8(7-10(9)14)11(12(15)16)18-5-3-17-4-6-18;;/h1-2,7,11-12,17H,3-6H2;2*1H/t11-;;/m1../s1. The number of alkyl halides is 2. The molecule has 0 spiro atoms. The van der Waals surface area contributed by atoms with Gasteiger partial charge in [-0.15, -0.1) is 24.8 Å². The molecule has 0 radical (unpaired) electrons. The number of nitrogens with one attached hydrogen (secondary N) is 1.